The van der Waals surface area contributed by atoms with E-state index in [1.54, 1.807) is 6.92 Å². The predicted molar refractivity (Wildman–Crippen MR) is 60.6 cm³/mol. The van der Waals surface area contributed by atoms with E-state index in [0.717, 1.165) is 12.1 Å². The van der Waals surface area contributed by atoms with Crippen LogP contribution in [0.3, 0.4) is 0 Å². The van der Waals surface area contributed by atoms with Crippen molar-refractivity contribution in [1.29, 1.82) is 0 Å². The Labute approximate surface area is 99.7 Å². The predicted octanol–water partition coefficient (Wildman–Crippen LogP) is 2.23. The zero-order valence-electron chi connectivity index (χ0n) is 10.2. The molecule has 0 heterocycles. The lowest BCUT2D eigenvalue weighted by molar-refractivity contribution is -0.0997. The van der Waals surface area contributed by atoms with Crippen molar-refractivity contribution in [1.82, 2.24) is 5.32 Å². The molecule has 0 fully saturated rings. The van der Waals surface area contributed by atoms with Gasteiger partial charge < -0.3 is 14.8 Å². The molecule has 1 aromatic carbocycles. The van der Waals surface area contributed by atoms with Gasteiger partial charge in [0, 0.05) is 32.4 Å². The fraction of sp³-hybridized carbons (Fsp3) is 0.500. The van der Waals surface area contributed by atoms with Crippen LogP contribution in [0.15, 0.2) is 18.2 Å². The van der Waals surface area contributed by atoms with Crippen molar-refractivity contribution in [3.8, 4) is 0 Å². The summed E-state index contributed by atoms with van der Waals surface area (Å²) in [6.45, 7) is 2.14. The van der Waals surface area contributed by atoms with Crippen LogP contribution in [-0.4, -0.2) is 27.1 Å². The number of hydrogen-bond donors (Lipinski definition) is 1. The van der Waals surface area contributed by atoms with Crippen LogP contribution in [-0.2, 0) is 9.47 Å². The molecule has 1 rings (SSSR count). The third kappa shape index (κ3) is 4.03. The van der Waals surface area contributed by atoms with E-state index in [1.807, 2.05) is 0 Å². The van der Waals surface area contributed by atoms with E-state index in [1.165, 1.54) is 20.3 Å². The standard InChI is InChI=1S/C12H17F2NO2/c1-8(15-7-12(16-2)17-3)10-6-9(13)4-5-11(10)14/h4-6,8,12,15H,7H2,1-3H3. The van der Waals surface area contributed by atoms with Crippen molar-refractivity contribution in [2.75, 3.05) is 20.8 Å². The van der Waals surface area contributed by atoms with Crippen LogP contribution >= 0.6 is 0 Å². The number of rotatable bonds is 6. The molecule has 0 spiro atoms. The third-order valence-corrected chi connectivity index (χ3v) is 2.54. The summed E-state index contributed by atoms with van der Waals surface area (Å²) in [6.07, 6.45) is -0.408. The van der Waals surface area contributed by atoms with Crippen LogP contribution in [0, 0.1) is 11.6 Å². The van der Waals surface area contributed by atoms with Crippen LogP contribution in [0.25, 0.3) is 0 Å². The molecule has 0 saturated heterocycles. The van der Waals surface area contributed by atoms with Crippen LogP contribution in [0.4, 0.5) is 8.78 Å². The van der Waals surface area contributed by atoms with E-state index in [2.05, 4.69) is 5.32 Å². The van der Waals surface area contributed by atoms with E-state index in [9.17, 15) is 8.78 Å². The molecule has 0 aromatic heterocycles. The summed E-state index contributed by atoms with van der Waals surface area (Å²) in [5.41, 5.74) is 0.288. The molecule has 17 heavy (non-hydrogen) atoms. The number of benzene rings is 1. The summed E-state index contributed by atoms with van der Waals surface area (Å²) in [4.78, 5) is 0. The summed E-state index contributed by atoms with van der Waals surface area (Å²) in [7, 11) is 3.03. The molecule has 0 aliphatic rings. The fourth-order valence-corrected chi connectivity index (χ4v) is 1.49. The van der Waals surface area contributed by atoms with Crippen molar-refractivity contribution in [3.63, 3.8) is 0 Å². The van der Waals surface area contributed by atoms with E-state index in [-0.39, 0.29) is 11.6 Å². The van der Waals surface area contributed by atoms with Crippen LogP contribution < -0.4 is 5.32 Å². The summed E-state index contributed by atoms with van der Waals surface area (Å²) in [5.74, 6) is -0.886. The second-order valence-corrected chi connectivity index (χ2v) is 3.70. The molecule has 1 unspecified atom stereocenters. The SMILES string of the molecule is COC(CNC(C)c1cc(F)ccc1F)OC. The van der Waals surface area contributed by atoms with Crippen LogP contribution in [0.1, 0.15) is 18.5 Å². The Morgan fingerprint density at radius 3 is 2.47 bits per heavy atom. The zero-order valence-corrected chi connectivity index (χ0v) is 10.2. The van der Waals surface area contributed by atoms with E-state index < -0.39 is 17.9 Å². The average Bonchev–Trinajstić information content (AvgIpc) is 2.33. The number of halogens is 2. The van der Waals surface area contributed by atoms with Gasteiger partial charge in [0.2, 0.25) is 0 Å². The van der Waals surface area contributed by atoms with Crippen molar-refractivity contribution >= 4 is 0 Å². The summed E-state index contributed by atoms with van der Waals surface area (Å²) >= 11 is 0. The number of methoxy groups -OCH3 is 2. The lowest BCUT2D eigenvalue weighted by Crippen LogP contribution is -2.31. The van der Waals surface area contributed by atoms with Gasteiger partial charge in [-0.1, -0.05) is 0 Å². The van der Waals surface area contributed by atoms with Gasteiger partial charge in [-0.3, -0.25) is 0 Å². The first-order valence-electron chi connectivity index (χ1n) is 5.32. The summed E-state index contributed by atoms with van der Waals surface area (Å²) in [6, 6.07) is 3.08. The van der Waals surface area contributed by atoms with Gasteiger partial charge in [-0.15, -0.1) is 0 Å². The Kier molecular flexibility index (Phi) is 5.47. The lowest BCUT2D eigenvalue weighted by atomic mass is 10.1. The first kappa shape index (κ1) is 14.0. The van der Waals surface area contributed by atoms with Gasteiger partial charge in [-0.2, -0.15) is 0 Å². The largest absolute Gasteiger partial charge is 0.355 e. The minimum absolute atomic E-state index is 0.288. The molecule has 0 radical (unpaired) electrons. The summed E-state index contributed by atoms with van der Waals surface area (Å²) < 4.78 is 36.4. The molecule has 1 N–H and O–H groups in total. The topological polar surface area (TPSA) is 30.5 Å². The summed E-state index contributed by atoms with van der Waals surface area (Å²) in [5, 5.41) is 3.01. The third-order valence-electron chi connectivity index (χ3n) is 2.54. The molecule has 1 aromatic rings. The molecule has 5 heteroatoms. The van der Waals surface area contributed by atoms with E-state index in [0.29, 0.717) is 6.54 Å². The number of ether oxygens (including phenoxy) is 2. The molecule has 96 valence electrons. The van der Waals surface area contributed by atoms with Gasteiger partial charge >= 0.3 is 0 Å². The smallest absolute Gasteiger partial charge is 0.169 e. The van der Waals surface area contributed by atoms with Gasteiger partial charge in [-0.05, 0) is 25.1 Å². The quantitative estimate of drug-likeness (QED) is 0.780. The maximum absolute atomic E-state index is 13.4. The molecule has 0 saturated carbocycles. The Bertz CT molecular complexity index is 356. The molecule has 0 amide bonds. The average molecular weight is 245 g/mol. The van der Waals surface area contributed by atoms with Gasteiger partial charge in [-0.25, -0.2) is 8.78 Å². The maximum Gasteiger partial charge on any atom is 0.169 e. The Hall–Kier alpha value is -1.04. The van der Waals surface area contributed by atoms with E-state index in [4.69, 9.17) is 9.47 Å². The Balaban J connectivity index is 2.63. The molecule has 0 aliphatic heterocycles. The van der Waals surface area contributed by atoms with Crippen LogP contribution in [0.5, 0.6) is 0 Å². The molecule has 3 nitrogen and oxygen atoms in total. The maximum atomic E-state index is 13.4. The highest BCUT2D eigenvalue weighted by molar-refractivity contribution is 5.21. The fourth-order valence-electron chi connectivity index (χ4n) is 1.49. The van der Waals surface area contributed by atoms with Crippen LogP contribution in [0.2, 0.25) is 0 Å². The molecular formula is C12H17F2NO2. The van der Waals surface area contributed by atoms with Crippen molar-refractivity contribution in [3.05, 3.63) is 35.4 Å². The van der Waals surface area contributed by atoms with Gasteiger partial charge in [0.1, 0.15) is 11.6 Å². The minimum Gasteiger partial charge on any atom is -0.355 e. The number of nitrogens with one attached hydrogen (secondary N) is 1. The Morgan fingerprint density at radius 2 is 1.88 bits per heavy atom. The van der Waals surface area contributed by atoms with Crippen molar-refractivity contribution < 1.29 is 18.3 Å². The van der Waals surface area contributed by atoms with E-state index >= 15 is 0 Å². The van der Waals surface area contributed by atoms with Crippen molar-refractivity contribution in [2.24, 2.45) is 0 Å². The highest BCUT2D eigenvalue weighted by Crippen LogP contribution is 2.17. The highest BCUT2D eigenvalue weighted by Gasteiger charge is 2.13. The zero-order chi connectivity index (χ0) is 12.8. The molecule has 0 bridgehead atoms. The number of hydrogen-bond acceptors (Lipinski definition) is 3. The normalized spacial score (nSPS) is 13.1. The molecule has 0 aliphatic carbocycles. The monoisotopic (exact) mass is 245 g/mol. The highest BCUT2D eigenvalue weighted by atomic mass is 19.1. The second kappa shape index (κ2) is 6.64. The van der Waals surface area contributed by atoms with Gasteiger partial charge in [0.05, 0.1) is 0 Å². The second-order valence-electron chi connectivity index (χ2n) is 3.70. The van der Waals surface area contributed by atoms with Crippen molar-refractivity contribution in [2.45, 2.75) is 19.3 Å². The molecular weight excluding hydrogens is 228 g/mol. The Morgan fingerprint density at radius 1 is 1.24 bits per heavy atom. The van der Waals surface area contributed by atoms with Gasteiger partial charge in [0.15, 0.2) is 6.29 Å². The molecule has 1 atom stereocenters. The van der Waals surface area contributed by atoms with Gasteiger partial charge in [0.25, 0.3) is 0 Å². The lowest BCUT2D eigenvalue weighted by Gasteiger charge is -2.19. The first-order valence-corrected chi connectivity index (χ1v) is 5.32. The first-order chi connectivity index (χ1) is 8.08. The minimum atomic E-state index is -0.454.